The summed E-state index contributed by atoms with van der Waals surface area (Å²) in [6, 6.07) is 0. The number of rotatable bonds is 3. The lowest BCUT2D eigenvalue weighted by Crippen LogP contribution is -2.44. The van der Waals surface area contributed by atoms with Gasteiger partial charge in [0.05, 0.1) is 18.6 Å². The first-order valence-electron chi connectivity index (χ1n) is 7.26. The number of ketones is 1. The number of fused-ring (bicyclic) bond motifs is 1. The van der Waals surface area contributed by atoms with E-state index in [9.17, 15) is 24.3 Å². The first-order valence-corrected chi connectivity index (χ1v) is 7.26. The van der Waals surface area contributed by atoms with E-state index in [4.69, 9.17) is 9.47 Å². The van der Waals surface area contributed by atoms with Gasteiger partial charge in [-0.05, 0) is 20.8 Å². The van der Waals surface area contributed by atoms with Crippen molar-refractivity contribution in [1.29, 1.82) is 0 Å². The molecule has 0 unspecified atom stereocenters. The third kappa shape index (κ3) is 2.62. The molecule has 0 radical (unpaired) electrons. The lowest BCUT2D eigenvalue weighted by molar-refractivity contribution is -0.158. The topological polar surface area (TPSA) is 116 Å². The van der Waals surface area contributed by atoms with Crippen LogP contribution in [0.2, 0.25) is 0 Å². The van der Waals surface area contributed by atoms with Crippen molar-refractivity contribution >= 4 is 23.7 Å². The SMILES string of the molecule is C/C=C(\C)C(=O)O[C@@H]1C(=O)[C@](C)(O)[C@H]2C(=O)OC=C(C(=O)OC)[C@@H]12. The van der Waals surface area contributed by atoms with E-state index in [-0.39, 0.29) is 11.1 Å². The van der Waals surface area contributed by atoms with Crippen LogP contribution in [0.25, 0.3) is 0 Å². The Morgan fingerprint density at radius 3 is 2.54 bits per heavy atom. The van der Waals surface area contributed by atoms with Crippen LogP contribution in [0.1, 0.15) is 20.8 Å². The van der Waals surface area contributed by atoms with Crippen LogP contribution >= 0.6 is 0 Å². The number of methoxy groups -OCH3 is 1. The van der Waals surface area contributed by atoms with Gasteiger partial charge in [0.25, 0.3) is 0 Å². The van der Waals surface area contributed by atoms with Crippen molar-refractivity contribution in [3.8, 4) is 0 Å². The highest BCUT2D eigenvalue weighted by atomic mass is 16.6. The highest BCUT2D eigenvalue weighted by Crippen LogP contribution is 2.46. The van der Waals surface area contributed by atoms with Gasteiger partial charge in [0.2, 0.25) is 5.78 Å². The maximum atomic E-state index is 12.5. The zero-order valence-electron chi connectivity index (χ0n) is 13.7. The van der Waals surface area contributed by atoms with Gasteiger partial charge in [-0.3, -0.25) is 9.59 Å². The van der Waals surface area contributed by atoms with Gasteiger partial charge in [-0.2, -0.15) is 0 Å². The van der Waals surface area contributed by atoms with E-state index in [0.717, 1.165) is 20.3 Å². The Morgan fingerprint density at radius 2 is 2.00 bits per heavy atom. The molecule has 8 heteroatoms. The molecule has 1 fully saturated rings. The fourth-order valence-corrected chi connectivity index (χ4v) is 2.88. The number of carbonyl (C=O) groups excluding carboxylic acids is 4. The van der Waals surface area contributed by atoms with Crippen LogP contribution in [-0.2, 0) is 33.4 Å². The van der Waals surface area contributed by atoms with E-state index in [1.165, 1.54) is 13.0 Å². The molecule has 24 heavy (non-hydrogen) atoms. The van der Waals surface area contributed by atoms with Crippen molar-refractivity contribution in [3.05, 3.63) is 23.5 Å². The minimum Gasteiger partial charge on any atom is -0.466 e. The molecular formula is C16H18O8. The Bertz CT molecular complexity index is 670. The van der Waals surface area contributed by atoms with E-state index in [2.05, 4.69) is 4.74 Å². The fourth-order valence-electron chi connectivity index (χ4n) is 2.88. The zero-order chi connectivity index (χ0) is 18.2. The van der Waals surface area contributed by atoms with Crippen molar-refractivity contribution in [1.82, 2.24) is 0 Å². The number of hydrogen-bond donors (Lipinski definition) is 1. The summed E-state index contributed by atoms with van der Waals surface area (Å²) in [6.07, 6.45) is 0.863. The fraction of sp³-hybridized carbons (Fsp3) is 0.500. The second-order valence-corrected chi connectivity index (χ2v) is 5.81. The number of Topliss-reactive ketones (excluding diaryl/α,β-unsaturated/α-hetero) is 1. The smallest absolute Gasteiger partial charge is 0.337 e. The Hall–Kier alpha value is -2.48. The number of cyclic esters (lactones) is 1. The van der Waals surface area contributed by atoms with E-state index in [1.807, 2.05) is 0 Å². The van der Waals surface area contributed by atoms with E-state index in [0.29, 0.717) is 0 Å². The molecule has 2 rings (SSSR count). The number of carbonyl (C=O) groups is 4. The number of esters is 3. The molecule has 1 heterocycles. The Balaban J connectivity index is 2.49. The number of allylic oxidation sites excluding steroid dienone is 1. The maximum Gasteiger partial charge on any atom is 0.337 e. The first-order chi connectivity index (χ1) is 11.2. The van der Waals surface area contributed by atoms with Gasteiger partial charge in [-0.25, -0.2) is 9.59 Å². The quantitative estimate of drug-likeness (QED) is 0.436. The molecule has 0 aromatic rings. The minimum absolute atomic E-state index is 0.149. The van der Waals surface area contributed by atoms with Gasteiger partial charge in [0, 0.05) is 5.57 Å². The molecule has 0 amide bonds. The summed E-state index contributed by atoms with van der Waals surface area (Å²) in [5.41, 5.74) is -2.04. The monoisotopic (exact) mass is 338 g/mol. The van der Waals surface area contributed by atoms with Gasteiger partial charge in [0.15, 0.2) is 6.10 Å². The maximum absolute atomic E-state index is 12.5. The predicted octanol–water partition coefficient (Wildman–Crippen LogP) is 0.0442. The van der Waals surface area contributed by atoms with E-state index < -0.39 is 47.2 Å². The van der Waals surface area contributed by atoms with Gasteiger partial charge in [0.1, 0.15) is 17.8 Å². The van der Waals surface area contributed by atoms with Gasteiger partial charge in [-0.15, -0.1) is 0 Å². The largest absolute Gasteiger partial charge is 0.466 e. The molecular weight excluding hydrogens is 320 g/mol. The summed E-state index contributed by atoms with van der Waals surface area (Å²) < 4.78 is 14.6. The summed E-state index contributed by atoms with van der Waals surface area (Å²) >= 11 is 0. The van der Waals surface area contributed by atoms with Crippen molar-refractivity contribution in [2.75, 3.05) is 7.11 Å². The standard InChI is InChI=1S/C16H18O8/c1-5-7(2)13(18)24-11-9-8(14(19)22-4)6-23-15(20)10(9)16(3,21)12(11)17/h5-6,9-11,21H,1-4H3/b7-5+/t9-,10-,11+,16-/m1/s1. The lowest BCUT2D eigenvalue weighted by atomic mass is 9.81. The number of aliphatic hydroxyl groups is 1. The van der Waals surface area contributed by atoms with Crippen molar-refractivity contribution in [2.24, 2.45) is 11.8 Å². The van der Waals surface area contributed by atoms with E-state index in [1.54, 1.807) is 6.92 Å². The number of ether oxygens (including phenoxy) is 3. The first kappa shape index (κ1) is 17.9. The summed E-state index contributed by atoms with van der Waals surface area (Å²) in [6.45, 7) is 4.23. The Kier molecular flexibility index (Phi) is 4.61. The van der Waals surface area contributed by atoms with Gasteiger partial charge >= 0.3 is 17.9 Å². The molecule has 1 aliphatic heterocycles. The molecule has 0 aromatic heterocycles. The molecule has 1 N–H and O–H groups in total. The average Bonchev–Trinajstić information content (AvgIpc) is 2.75. The molecule has 2 aliphatic rings. The average molecular weight is 338 g/mol. The third-order valence-corrected chi connectivity index (χ3v) is 4.37. The zero-order valence-corrected chi connectivity index (χ0v) is 13.7. The molecule has 8 nitrogen and oxygen atoms in total. The number of hydrogen-bond acceptors (Lipinski definition) is 8. The summed E-state index contributed by atoms with van der Waals surface area (Å²) in [5.74, 6) is -5.92. The molecule has 4 atom stereocenters. The van der Waals surface area contributed by atoms with Gasteiger partial charge in [-0.1, -0.05) is 6.08 Å². The molecule has 0 bridgehead atoms. The van der Waals surface area contributed by atoms with Gasteiger partial charge < -0.3 is 19.3 Å². The molecule has 1 aliphatic carbocycles. The molecule has 0 aromatic carbocycles. The minimum atomic E-state index is -2.13. The van der Waals surface area contributed by atoms with Crippen LogP contribution in [0.3, 0.4) is 0 Å². The van der Waals surface area contributed by atoms with Crippen LogP contribution in [0.4, 0.5) is 0 Å². The molecule has 0 saturated heterocycles. The summed E-state index contributed by atoms with van der Waals surface area (Å²) in [5, 5.41) is 10.4. The Labute approximate surface area is 138 Å². The second kappa shape index (κ2) is 6.20. The van der Waals surface area contributed by atoms with Crippen molar-refractivity contribution in [3.63, 3.8) is 0 Å². The molecule has 130 valence electrons. The van der Waals surface area contributed by atoms with Crippen LogP contribution < -0.4 is 0 Å². The lowest BCUT2D eigenvalue weighted by Gasteiger charge is -2.29. The molecule has 1 saturated carbocycles. The van der Waals surface area contributed by atoms with Crippen LogP contribution in [0.15, 0.2) is 23.5 Å². The summed E-state index contributed by atoms with van der Waals surface area (Å²) in [7, 11) is 1.12. The third-order valence-electron chi connectivity index (χ3n) is 4.37. The van der Waals surface area contributed by atoms with Crippen LogP contribution in [0, 0.1) is 11.8 Å². The van der Waals surface area contributed by atoms with Crippen LogP contribution in [0.5, 0.6) is 0 Å². The summed E-state index contributed by atoms with van der Waals surface area (Å²) in [4.78, 5) is 48.5. The second-order valence-electron chi connectivity index (χ2n) is 5.81. The van der Waals surface area contributed by atoms with Crippen LogP contribution in [-0.4, -0.2) is 47.6 Å². The van der Waals surface area contributed by atoms with E-state index >= 15 is 0 Å². The highest BCUT2D eigenvalue weighted by Gasteiger charge is 2.65. The normalized spacial score (nSPS) is 32.6. The molecule has 0 spiro atoms. The highest BCUT2D eigenvalue weighted by molar-refractivity contribution is 6.05. The predicted molar refractivity (Wildman–Crippen MR) is 78.1 cm³/mol. The van der Waals surface area contributed by atoms with Crippen molar-refractivity contribution < 1.29 is 38.5 Å². The van der Waals surface area contributed by atoms with Crippen molar-refractivity contribution in [2.45, 2.75) is 32.5 Å². The Morgan fingerprint density at radius 1 is 1.38 bits per heavy atom.